The molecule has 1 spiro atoms. The fourth-order valence-corrected chi connectivity index (χ4v) is 6.54. The predicted octanol–water partition coefficient (Wildman–Crippen LogP) is 5.59. The highest BCUT2D eigenvalue weighted by Gasteiger charge is 2.51. The number of piperidine rings is 1. The fourth-order valence-electron chi connectivity index (χ4n) is 6.00. The van der Waals surface area contributed by atoms with Gasteiger partial charge >= 0.3 is 0 Å². The molecule has 1 N–H and O–H groups in total. The first-order valence-corrected chi connectivity index (χ1v) is 12.2. The van der Waals surface area contributed by atoms with Crippen LogP contribution in [0.5, 0.6) is 0 Å². The quantitative estimate of drug-likeness (QED) is 0.628. The minimum atomic E-state index is -0.558. The van der Waals surface area contributed by atoms with Crippen molar-refractivity contribution in [2.24, 2.45) is 0 Å². The first kappa shape index (κ1) is 22.0. The van der Waals surface area contributed by atoms with Crippen LogP contribution >= 0.6 is 23.2 Å². The largest absolute Gasteiger partial charge is 0.339 e. The lowest BCUT2D eigenvalue weighted by Gasteiger charge is -2.48. The van der Waals surface area contributed by atoms with Gasteiger partial charge in [-0.1, -0.05) is 36.0 Å². The van der Waals surface area contributed by atoms with Gasteiger partial charge in [0.25, 0.3) is 0 Å². The topological polar surface area (TPSA) is 35.6 Å². The van der Waals surface area contributed by atoms with E-state index in [-0.39, 0.29) is 11.7 Å². The summed E-state index contributed by atoms with van der Waals surface area (Å²) in [7, 11) is 0. The van der Waals surface area contributed by atoms with Gasteiger partial charge in [-0.05, 0) is 79.6 Å². The summed E-state index contributed by atoms with van der Waals surface area (Å²) in [6, 6.07) is 12.8. The van der Waals surface area contributed by atoms with Gasteiger partial charge in [0, 0.05) is 34.9 Å². The highest BCUT2D eigenvalue weighted by molar-refractivity contribution is 6.34. The highest BCUT2D eigenvalue weighted by Crippen LogP contribution is 2.42. The summed E-state index contributed by atoms with van der Waals surface area (Å²) in [5.41, 5.74) is 1.55. The smallest absolute Gasteiger partial charge is 0.247 e. The normalized spacial score (nSPS) is 25.8. The van der Waals surface area contributed by atoms with E-state index in [1.165, 1.54) is 30.5 Å². The predicted molar refractivity (Wildman–Crippen MR) is 127 cm³/mol. The van der Waals surface area contributed by atoms with Crippen LogP contribution in [0.25, 0.3) is 0 Å². The molecular weight excluding hydrogens is 448 g/mol. The molecule has 1 saturated carbocycles. The maximum atomic E-state index is 13.4. The molecule has 5 rings (SSSR count). The fraction of sp³-hybridized carbons (Fsp3) is 0.480. The van der Waals surface area contributed by atoms with Crippen molar-refractivity contribution in [2.75, 3.05) is 24.7 Å². The third-order valence-corrected chi connectivity index (χ3v) is 8.05. The molecule has 0 aromatic heterocycles. The molecule has 2 heterocycles. The minimum Gasteiger partial charge on any atom is -0.339 e. The monoisotopic (exact) mass is 475 g/mol. The second-order valence-electron chi connectivity index (χ2n) is 9.30. The second kappa shape index (κ2) is 8.85. The summed E-state index contributed by atoms with van der Waals surface area (Å²) in [4.78, 5) is 17.7. The summed E-state index contributed by atoms with van der Waals surface area (Å²) in [6.07, 6.45) is 6.23. The minimum absolute atomic E-state index is 0.0864. The van der Waals surface area contributed by atoms with Crippen molar-refractivity contribution in [2.45, 2.75) is 56.0 Å². The Kier molecular flexibility index (Phi) is 6.08. The van der Waals surface area contributed by atoms with Gasteiger partial charge < -0.3 is 10.2 Å². The van der Waals surface area contributed by atoms with Crippen LogP contribution in [0, 0.1) is 5.82 Å². The molecule has 2 aromatic rings. The molecule has 170 valence electrons. The van der Waals surface area contributed by atoms with Gasteiger partial charge in [-0.3, -0.25) is 9.69 Å². The van der Waals surface area contributed by atoms with Gasteiger partial charge in [0.1, 0.15) is 11.4 Å². The lowest BCUT2D eigenvalue weighted by Crippen LogP contribution is -2.58. The lowest BCUT2D eigenvalue weighted by atomic mass is 9.77. The average Bonchev–Trinajstić information content (AvgIpc) is 3.10. The number of nitrogens with zero attached hydrogens (tertiary/aromatic N) is 2. The Bertz CT molecular complexity index is 971. The van der Waals surface area contributed by atoms with E-state index in [1.54, 1.807) is 18.2 Å². The van der Waals surface area contributed by atoms with Gasteiger partial charge in [-0.2, -0.15) is 0 Å². The van der Waals surface area contributed by atoms with Crippen molar-refractivity contribution in [3.63, 3.8) is 0 Å². The lowest BCUT2D eigenvalue weighted by molar-refractivity contribution is -0.125. The average molecular weight is 476 g/mol. The molecule has 4 nitrogen and oxygen atoms in total. The molecule has 2 aliphatic heterocycles. The van der Waals surface area contributed by atoms with Crippen molar-refractivity contribution in [3.8, 4) is 0 Å². The summed E-state index contributed by atoms with van der Waals surface area (Å²) in [5.74, 6) is 0.225. The number of anilines is 1. The molecule has 2 unspecified atom stereocenters. The zero-order valence-corrected chi connectivity index (χ0v) is 19.5. The van der Waals surface area contributed by atoms with Crippen molar-refractivity contribution >= 4 is 34.8 Å². The molecule has 2 saturated heterocycles. The highest BCUT2D eigenvalue weighted by atomic mass is 35.5. The third kappa shape index (κ3) is 4.00. The Morgan fingerprint density at radius 3 is 2.31 bits per heavy atom. The summed E-state index contributed by atoms with van der Waals surface area (Å²) in [6.45, 7) is 2.19. The van der Waals surface area contributed by atoms with E-state index in [4.69, 9.17) is 23.2 Å². The standard InChI is InChI=1S/C25H28Cl2FN3O/c26-18-13-17(14-19(27)15-18)22-3-1-2-4-23(22)30-11-9-25(10-12-30)24(32)29-16-31(25)21-7-5-20(28)6-8-21/h5-8,13-15,22-23H,1-4,9-12,16H2,(H,29,32). The van der Waals surface area contributed by atoms with E-state index in [0.717, 1.165) is 44.5 Å². The number of likely N-dealkylation sites (tertiary alicyclic amines) is 1. The van der Waals surface area contributed by atoms with E-state index in [9.17, 15) is 9.18 Å². The molecule has 3 aliphatic rings. The number of hydrogen-bond donors (Lipinski definition) is 1. The Balaban J connectivity index is 1.35. The Labute approximate surface area is 198 Å². The number of halogens is 3. The summed E-state index contributed by atoms with van der Waals surface area (Å²) in [5, 5.41) is 4.40. The molecule has 0 bridgehead atoms. The number of carbonyl (C=O) groups is 1. The van der Waals surface area contributed by atoms with Gasteiger partial charge in [0.05, 0.1) is 6.67 Å². The first-order valence-electron chi connectivity index (χ1n) is 11.5. The van der Waals surface area contributed by atoms with Crippen LogP contribution < -0.4 is 10.2 Å². The maximum Gasteiger partial charge on any atom is 0.247 e. The van der Waals surface area contributed by atoms with Crippen LogP contribution in [0.4, 0.5) is 10.1 Å². The number of amides is 1. The molecular formula is C25H28Cl2FN3O. The van der Waals surface area contributed by atoms with Gasteiger partial charge in [-0.15, -0.1) is 0 Å². The van der Waals surface area contributed by atoms with Crippen molar-refractivity contribution in [1.29, 1.82) is 0 Å². The second-order valence-corrected chi connectivity index (χ2v) is 10.2. The van der Waals surface area contributed by atoms with Crippen LogP contribution in [0.15, 0.2) is 42.5 Å². The molecule has 2 aromatic carbocycles. The van der Waals surface area contributed by atoms with Crippen molar-refractivity contribution < 1.29 is 9.18 Å². The number of nitrogens with one attached hydrogen (secondary N) is 1. The van der Waals surface area contributed by atoms with Crippen molar-refractivity contribution in [3.05, 3.63) is 63.9 Å². The van der Waals surface area contributed by atoms with Crippen LogP contribution in [-0.2, 0) is 4.79 Å². The van der Waals surface area contributed by atoms with Crippen LogP contribution in [0.3, 0.4) is 0 Å². The van der Waals surface area contributed by atoms with Crippen LogP contribution in [-0.4, -0.2) is 42.1 Å². The SMILES string of the molecule is O=C1NCN(c2ccc(F)cc2)C12CCN(C1CCCCC1c1cc(Cl)cc(Cl)c1)CC2. The number of benzene rings is 2. The molecule has 32 heavy (non-hydrogen) atoms. The van der Waals surface area contributed by atoms with E-state index in [2.05, 4.69) is 27.2 Å². The molecule has 3 fully saturated rings. The molecule has 7 heteroatoms. The van der Waals surface area contributed by atoms with Crippen LogP contribution in [0.2, 0.25) is 10.0 Å². The molecule has 1 amide bonds. The molecule has 1 aliphatic carbocycles. The molecule has 2 atom stereocenters. The Morgan fingerprint density at radius 1 is 0.969 bits per heavy atom. The van der Waals surface area contributed by atoms with Gasteiger partial charge in [0.2, 0.25) is 5.91 Å². The zero-order chi connectivity index (χ0) is 22.3. The van der Waals surface area contributed by atoms with E-state index < -0.39 is 5.54 Å². The number of rotatable bonds is 3. The van der Waals surface area contributed by atoms with Gasteiger partial charge in [-0.25, -0.2) is 4.39 Å². The molecule has 0 radical (unpaired) electrons. The summed E-state index contributed by atoms with van der Waals surface area (Å²) >= 11 is 12.6. The Hall–Kier alpha value is -1.82. The Morgan fingerprint density at radius 2 is 1.62 bits per heavy atom. The zero-order valence-electron chi connectivity index (χ0n) is 18.0. The van der Waals surface area contributed by atoms with Crippen LogP contribution in [0.1, 0.15) is 50.0 Å². The summed E-state index contributed by atoms with van der Waals surface area (Å²) < 4.78 is 13.4. The van der Waals surface area contributed by atoms with E-state index in [1.807, 2.05) is 0 Å². The maximum absolute atomic E-state index is 13.4. The first-order chi connectivity index (χ1) is 15.5. The van der Waals surface area contributed by atoms with E-state index >= 15 is 0 Å². The third-order valence-electron chi connectivity index (χ3n) is 7.61. The number of hydrogen-bond acceptors (Lipinski definition) is 3. The van der Waals surface area contributed by atoms with Crippen molar-refractivity contribution in [1.82, 2.24) is 10.2 Å². The van der Waals surface area contributed by atoms with E-state index in [0.29, 0.717) is 28.7 Å². The number of carbonyl (C=O) groups excluding carboxylic acids is 1. The van der Waals surface area contributed by atoms with Gasteiger partial charge in [0.15, 0.2) is 0 Å².